The molecule has 8 nitrogen and oxygen atoms in total. The predicted molar refractivity (Wildman–Crippen MR) is 85.7 cm³/mol. The van der Waals surface area contributed by atoms with Gasteiger partial charge in [0.2, 0.25) is 0 Å². The van der Waals surface area contributed by atoms with Crippen LogP contribution in [0.1, 0.15) is 22.3 Å². The molecule has 1 aliphatic heterocycles. The quantitative estimate of drug-likeness (QED) is 0.650. The number of hydrogen-bond donors (Lipinski definition) is 1. The summed E-state index contributed by atoms with van der Waals surface area (Å²) in [5.41, 5.74) is -4.38. The van der Waals surface area contributed by atoms with E-state index in [4.69, 9.17) is 0 Å². The summed E-state index contributed by atoms with van der Waals surface area (Å²) in [6.45, 7) is 0. The van der Waals surface area contributed by atoms with Gasteiger partial charge in [0, 0.05) is 35.7 Å². The van der Waals surface area contributed by atoms with E-state index in [0.29, 0.717) is 0 Å². The van der Waals surface area contributed by atoms with Crippen molar-refractivity contribution in [3.8, 4) is 0 Å². The van der Waals surface area contributed by atoms with Crippen LogP contribution in [0.5, 0.6) is 0 Å². The summed E-state index contributed by atoms with van der Waals surface area (Å²) in [4.78, 5) is 26.4. The van der Waals surface area contributed by atoms with Gasteiger partial charge in [0.25, 0.3) is 17.3 Å². The number of carbonyl (C=O) groups is 1. The molecule has 1 aromatic heterocycles. The first-order valence-electron chi connectivity index (χ1n) is 7.49. The van der Waals surface area contributed by atoms with E-state index in [0.717, 1.165) is 24.3 Å². The fourth-order valence-corrected chi connectivity index (χ4v) is 2.56. The number of aliphatic hydroxyl groups is 1. The number of alkyl halides is 3. The number of hydrogen-bond acceptors (Lipinski definition) is 6. The number of halogens is 3. The summed E-state index contributed by atoms with van der Waals surface area (Å²) in [5, 5.41) is 24.7. The molecule has 0 bridgehead atoms. The molecule has 0 radical (unpaired) electrons. The average Bonchev–Trinajstić information content (AvgIpc) is 3.01. The molecule has 0 saturated carbocycles. The van der Waals surface area contributed by atoms with Crippen molar-refractivity contribution in [3.05, 3.63) is 70.0 Å². The number of nitro benzene ring substituents is 1. The standard InChI is InChI=1S/C16H11F3N4O4/c17-16(18,19)15(25)9-13(10-4-6-20-7-5-10)21-22(15)14(24)11-2-1-3-12(8-11)23(26)27/h1-8,25H,9H2/t15-/m0/s1. The second kappa shape index (κ2) is 6.43. The first-order valence-corrected chi connectivity index (χ1v) is 7.49. The summed E-state index contributed by atoms with van der Waals surface area (Å²) in [7, 11) is 0. The molecule has 0 spiro atoms. The molecule has 27 heavy (non-hydrogen) atoms. The number of nitro groups is 1. The Morgan fingerprint density at radius 3 is 2.52 bits per heavy atom. The monoisotopic (exact) mass is 380 g/mol. The largest absolute Gasteiger partial charge is 0.438 e. The minimum absolute atomic E-state index is 0.0815. The van der Waals surface area contributed by atoms with Gasteiger partial charge in [-0.15, -0.1) is 0 Å². The molecule has 0 fully saturated rings. The van der Waals surface area contributed by atoms with Crippen LogP contribution >= 0.6 is 0 Å². The van der Waals surface area contributed by atoms with Crippen LogP contribution in [0.25, 0.3) is 0 Å². The number of non-ortho nitro benzene ring substituents is 1. The number of amides is 1. The van der Waals surface area contributed by atoms with E-state index in [-0.39, 0.29) is 16.3 Å². The third kappa shape index (κ3) is 3.24. The van der Waals surface area contributed by atoms with Gasteiger partial charge in [-0.1, -0.05) is 6.07 Å². The first kappa shape index (κ1) is 18.5. The van der Waals surface area contributed by atoms with Gasteiger partial charge in [-0.3, -0.25) is 19.9 Å². The molecule has 0 unspecified atom stereocenters. The molecule has 1 amide bonds. The number of benzene rings is 1. The van der Waals surface area contributed by atoms with E-state index in [9.17, 15) is 33.2 Å². The zero-order valence-electron chi connectivity index (χ0n) is 13.4. The minimum atomic E-state index is -5.21. The number of nitrogens with zero attached hydrogens (tertiary/aromatic N) is 4. The van der Waals surface area contributed by atoms with Crippen molar-refractivity contribution in [1.82, 2.24) is 9.99 Å². The molecule has 11 heteroatoms. The van der Waals surface area contributed by atoms with Crippen molar-refractivity contribution < 1.29 is 28.0 Å². The van der Waals surface area contributed by atoms with Gasteiger partial charge in [0.15, 0.2) is 0 Å². The Hall–Kier alpha value is -3.34. The van der Waals surface area contributed by atoms with Gasteiger partial charge in [0.1, 0.15) is 0 Å². The molecule has 0 saturated heterocycles. The lowest BCUT2D eigenvalue weighted by molar-refractivity contribution is -0.384. The summed E-state index contributed by atoms with van der Waals surface area (Å²) in [6.07, 6.45) is -3.53. The summed E-state index contributed by atoms with van der Waals surface area (Å²) >= 11 is 0. The van der Waals surface area contributed by atoms with E-state index in [1.54, 1.807) is 0 Å². The van der Waals surface area contributed by atoms with Crippen molar-refractivity contribution >= 4 is 17.3 Å². The molecule has 140 valence electrons. The Morgan fingerprint density at radius 1 is 1.26 bits per heavy atom. The Kier molecular flexibility index (Phi) is 4.39. The van der Waals surface area contributed by atoms with Crippen molar-refractivity contribution in [2.45, 2.75) is 18.3 Å². The van der Waals surface area contributed by atoms with Crippen molar-refractivity contribution in [1.29, 1.82) is 0 Å². The zero-order valence-corrected chi connectivity index (χ0v) is 13.4. The smallest absolute Gasteiger partial charge is 0.362 e. The maximum Gasteiger partial charge on any atom is 0.438 e. The van der Waals surface area contributed by atoms with Crippen LogP contribution in [0.15, 0.2) is 53.9 Å². The van der Waals surface area contributed by atoms with Gasteiger partial charge in [-0.2, -0.15) is 23.3 Å². The highest BCUT2D eigenvalue weighted by atomic mass is 19.4. The number of aromatic nitrogens is 1. The Balaban J connectivity index is 2.06. The highest BCUT2D eigenvalue weighted by molar-refractivity contribution is 6.05. The van der Waals surface area contributed by atoms with Crippen LogP contribution in [0.4, 0.5) is 18.9 Å². The normalized spacial score (nSPS) is 19.7. The van der Waals surface area contributed by atoms with Gasteiger partial charge in [-0.25, -0.2) is 0 Å². The summed E-state index contributed by atoms with van der Waals surface area (Å²) in [5.74, 6) is -1.32. The number of carbonyl (C=O) groups excluding carboxylic acids is 1. The van der Waals surface area contributed by atoms with Crippen LogP contribution in [0, 0.1) is 10.1 Å². The molecule has 0 aliphatic carbocycles. The lowest BCUT2D eigenvalue weighted by Crippen LogP contribution is -2.56. The second-order valence-corrected chi connectivity index (χ2v) is 5.70. The topological polar surface area (TPSA) is 109 Å². The number of hydrazone groups is 1. The van der Waals surface area contributed by atoms with Crippen LogP contribution in [-0.4, -0.2) is 43.5 Å². The summed E-state index contributed by atoms with van der Waals surface area (Å²) < 4.78 is 40.6. The zero-order chi connectivity index (χ0) is 19.8. The van der Waals surface area contributed by atoms with Gasteiger partial charge >= 0.3 is 6.18 Å². The Bertz CT molecular complexity index is 933. The van der Waals surface area contributed by atoms with E-state index in [1.165, 1.54) is 24.5 Å². The van der Waals surface area contributed by atoms with E-state index < -0.39 is 40.4 Å². The molecule has 1 aromatic carbocycles. The van der Waals surface area contributed by atoms with Crippen molar-refractivity contribution in [2.75, 3.05) is 0 Å². The fraction of sp³-hybridized carbons (Fsp3) is 0.188. The number of rotatable bonds is 3. The van der Waals surface area contributed by atoms with E-state index in [1.807, 2.05) is 0 Å². The van der Waals surface area contributed by atoms with E-state index >= 15 is 0 Å². The molecule has 1 N–H and O–H groups in total. The Morgan fingerprint density at radius 2 is 1.93 bits per heavy atom. The maximum atomic E-state index is 13.5. The maximum absolute atomic E-state index is 13.5. The molecule has 1 aliphatic rings. The second-order valence-electron chi connectivity index (χ2n) is 5.70. The molecular weight excluding hydrogens is 369 g/mol. The van der Waals surface area contributed by atoms with Crippen LogP contribution in [0.3, 0.4) is 0 Å². The van der Waals surface area contributed by atoms with Crippen molar-refractivity contribution in [3.63, 3.8) is 0 Å². The van der Waals surface area contributed by atoms with Gasteiger partial charge in [0.05, 0.1) is 17.1 Å². The SMILES string of the molecule is O=C(c1cccc([N+](=O)[O-])c1)N1N=C(c2ccncc2)C[C@]1(O)C(F)(F)F. The average molecular weight is 380 g/mol. The number of pyridine rings is 1. The molecule has 3 rings (SSSR count). The molecular formula is C16H11F3N4O4. The third-order valence-electron chi connectivity index (χ3n) is 3.95. The lowest BCUT2D eigenvalue weighted by Gasteiger charge is -2.32. The van der Waals surface area contributed by atoms with Crippen molar-refractivity contribution in [2.24, 2.45) is 5.10 Å². The molecule has 2 aromatic rings. The highest BCUT2D eigenvalue weighted by Gasteiger charge is 2.63. The fourth-order valence-electron chi connectivity index (χ4n) is 2.56. The third-order valence-corrected chi connectivity index (χ3v) is 3.95. The lowest BCUT2D eigenvalue weighted by atomic mass is 10.0. The Labute approximate surface area is 149 Å². The van der Waals surface area contributed by atoms with Gasteiger partial charge in [-0.05, 0) is 18.2 Å². The van der Waals surface area contributed by atoms with Gasteiger partial charge < -0.3 is 5.11 Å². The summed E-state index contributed by atoms with van der Waals surface area (Å²) in [6, 6.07) is 6.93. The first-order chi connectivity index (χ1) is 12.6. The highest BCUT2D eigenvalue weighted by Crippen LogP contribution is 2.42. The van der Waals surface area contributed by atoms with Crippen LogP contribution in [0.2, 0.25) is 0 Å². The van der Waals surface area contributed by atoms with E-state index in [2.05, 4.69) is 10.1 Å². The van der Waals surface area contributed by atoms with Crippen LogP contribution in [-0.2, 0) is 0 Å². The minimum Gasteiger partial charge on any atom is -0.362 e. The molecule has 2 heterocycles. The molecule has 1 atom stereocenters. The predicted octanol–water partition coefficient (Wildman–Crippen LogP) is 2.49. The van der Waals surface area contributed by atoms with Crippen LogP contribution < -0.4 is 0 Å².